The first-order valence-electron chi connectivity index (χ1n) is 8.21. The van der Waals surface area contributed by atoms with Crippen molar-refractivity contribution in [1.82, 2.24) is 4.90 Å². The topological polar surface area (TPSA) is 51.9 Å². The summed E-state index contributed by atoms with van der Waals surface area (Å²) >= 11 is 0. The zero-order chi connectivity index (χ0) is 15.8. The molecular formula is C18H21NO4. The van der Waals surface area contributed by atoms with Crippen molar-refractivity contribution >= 4 is 16.9 Å². The highest BCUT2D eigenvalue weighted by atomic mass is 16.5. The lowest BCUT2D eigenvalue weighted by Gasteiger charge is -2.37. The van der Waals surface area contributed by atoms with Gasteiger partial charge < -0.3 is 18.8 Å². The molecule has 23 heavy (non-hydrogen) atoms. The Morgan fingerprint density at radius 3 is 3.17 bits per heavy atom. The van der Waals surface area contributed by atoms with Gasteiger partial charge in [-0.1, -0.05) is 0 Å². The van der Waals surface area contributed by atoms with Crippen molar-refractivity contribution in [3.8, 4) is 5.75 Å². The van der Waals surface area contributed by atoms with Gasteiger partial charge in [-0.25, -0.2) is 0 Å². The first-order valence-corrected chi connectivity index (χ1v) is 8.21. The van der Waals surface area contributed by atoms with E-state index in [2.05, 4.69) is 0 Å². The van der Waals surface area contributed by atoms with Crippen LogP contribution in [0.2, 0.25) is 0 Å². The molecule has 1 saturated heterocycles. The van der Waals surface area contributed by atoms with Gasteiger partial charge in [-0.3, -0.25) is 4.79 Å². The number of morpholine rings is 1. The van der Waals surface area contributed by atoms with E-state index < -0.39 is 0 Å². The summed E-state index contributed by atoms with van der Waals surface area (Å²) in [5, 5.41) is 0.982. The summed E-state index contributed by atoms with van der Waals surface area (Å²) in [6.45, 7) is 1.35. The van der Waals surface area contributed by atoms with Gasteiger partial charge in [-0.2, -0.15) is 0 Å². The second-order valence-electron chi connectivity index (χ2n) is 6.29. The van der Waals surface area contributed by atoms with Crippen LogP contribution in [0, 0.1) is 0 Å². The zero-order valence-electron chi connectivity index (χ0n) is 13.3. The van der Waals surface area contributed by atoms with Crippen LogP contribution in [0.15, 0.2) is 28.9 Å². The van der Waals surface area contributed by atoms with Gasteiger partial charge in [0.1, 0.15) is 11.3 Å². The lowest BCUT2D eigenvalue weighted by Crippen LogP contribution is -2.51. The second-order valence-corrected chi connectivity index (χ2v) is 6.29. The molecule has 2 aliphatic rings. The lowest BCUT2D eigenvalue weighted by molar-refractivity contribution is -0.143. The van der Waals surface area contributed by atoms with Crippen molar-refractivity contribution in [2.75, 3.05) is 20.3 Å². The van der Waals surface area contributed by atoms with Gasteiger partial charge in [0, 0.05) is 23.6 Å². The van der Waals surface area contributed by atoms with E-state index in [4.69, 9.17) is 13.9 Å². The van der Waals surface area contributed by atoms with Crippen LogP contribution in [0.5, 0.6) is 5.75 Å². The second kappa shape index (κ2) is 5.89. The predicted molar refractivity (Wildman–Crippen MR) is 85.6 cm³/mol. The van der Waals surface area contributed by atoms with Gasteiger partial charge in [0.25, 0.3) is 0 Å². The van der Waals surface area contributed by atoms with Gasteiger partial charge in [0.2, 0.25) is 5.91 Å². The molecule has 1 aromatic heterocycles. The van der Waals surface area contributed by atoms with Gasteiger partial charge in [0.05, 0.1) is 38.5 Å². The smallest absolute Gasteiger partial charge is 0.227 e. The fourth-order valence-corrected chi connectivity index (χ4v) is 3.83. The van der Waals surface area contributed by atoms with Gasteiger partial charge in [0.15, 0.2) is 0 Å². The van der Waals surface area contributed by atoms with Crippen molar-refractivity contribution in [3.05, 3.63) is 30.0 Å². The first-order chi connectivity index (χ1) is 11.3. The fraction of sp³-hybridized carbons (Fsp3) is 0.500. The number of methoxy groups -OCH3 is 1. The van der Waals surface area contributed by atoms with Crippen LogP contribution in [0.25, 0.3) is 11.0 Å². The number of benzene rings is 1. The summed E-state index contributed by atoms with van der Waals surface area (Å²) in [4.78, 5) is 14.8. The number of carbonyl (C=O) groups excluding carboxylic acids is 1. The number of carbonyl (C=O) groups is 1. The first kappa shape index (κ1) is 14.6. The Morgan fingerprint density at radius 2 is 2.30 bits per heavy atom. The van der Waals surface area contributed by atoms with Crippen LogP contribution in [0.1, 0.15) is 24.8 Å². The lowest BCUT2D eigenvalue weighted by atomic mass is 10.1. The SMILES string of the molecule is COc1ccc2c(CC(=O)N3CCO[C@@H]4CCC[C@H]43)coc2c1. The summed E-state index contributed by atoms with van der Waals surface area (Å²) in [6.07, 6.45) is 5.57. The van der Waals surface area contributed by atoms with E-state index in [1.54, 1.807) is 13.4 Å². The number of fused-ring (bicyclic) bond motifs is 2. The molecule has 1 aliphatic heterocycles. The van der Waals surface area contributed by atoms with Crippen molar-refractivity contribution in [3.63, 3.8) is 0 Å². The fourth-order valence-electron chi connectivity index (χ4n) is 3.83. The Kier molecular flexibility index (Phi) is 3.73. The molecule has 5 nitrogen and oxygen atoms in total. The third-order valence-corrected chi connectivity index (χ3v) is 5.01. The number of nitrogens with zero attached hydrogens (tertiary/aromatic N) is 1. The average Bonchev–Trinajstić information content (AvgIpc) is 3.21. The van der Waals surface area contributed by atoms with Crippen LogP contribution in [0.4, 0.5) is 0 Å². The third kappa shape index (κ3) is 2.59. The Bertz CT molecular complexity index is 723. The Balaban J connectivity index is 1.54. The van der Waals surface area contributed by atoms with E-state index >= 15 is 0 Å². The summed E-state index contributed by atoms with van der Waals surface area (Å²) in [5.41, 5.74) is 1.70. The van der Waals surface area contributed by atoms with Crippen LogP contribution in [-0.4, -0.2) is 43.2 Å². The number of furan rings is 1. The van der Waals surface area contributed by atoms with Crippen LogP contribution in [-0.2, 0) is 16.0 Å². The molecule has 122 valence electrons. The molecule has 0 bridgehead atoms. The number of amides is 1. The van der Waals surface area contributed by atoms with Gasteiger partial charge >= 0.3 is 0 Å². The Morgan fingerprint density at radius 1 is 1.39 bits per heavy atom. The largest absolute Gasteiger partial charge is 0.497 e. The maximum absolute atomic E-state index is 12.8. The van der Waals surface area contributed by atoms with E-state index in [9.17, 15) is 4.79 Å². The van der Waals surface area contributed by atoms with E-state index in [0.717, 1.165) is 41.5 Å². The Labute approximate surface area is 135 Å². The molecule has 0 spiro atoms. The molecule has 2 aromatic rings. The van der Waals surface area contributed by atoms with Crippen LogP contribution in [0.3, 0.4) is 0 Å². The molecule has 1 saturated carbocycles. The summed E-state index contributed by atoms with van der Waals surface area (Å²) in [5.74, 6) is 0.926. The summed E-state index contributed by atoms with van der Waals surface area (Å²) in [7, 11) is 1.63. The molecule has 0 unspecified atom stereocenters. The molecule has 4 rings (SSSR count). The summed E-state index contributed by atoms with van der Waals surface area (Å²) < 4.78 is 16.6. The Hall–Kier alpha value is -2.01. The molecule has 2 heterocycles. The number of hydrogen-bond acceptors (Lipinski definition) is 4. The summed E-state index contributed by atoms with van der Waals surface area (Å²) in [6, 6.07) is 5.96. The maximum Gasteiger partial charge on any atom is 0.227 e. The highest BCUT2D eigenvalue weighted by Gasteiger charge is 2.38. The van der Waals surface area contributed by atoms with Crippen LogP contribution < -0.4 is 4.74 Å². The molecule has 1 aliphatic carbocycles. The monoisotopic (exact) mass is 315 g/mol. The van der Waals surface area contributed by atoms with E-state index in [-0.39, 0.29) is 18.1 Å². The number of hydrogen-bond donors (Lipinski definition) is 0. The standard InChI is InChI=1S/C18H21NO4/c1-21-13-5-6-14-12(11-23-17(14)10-13)9-18(20)19-7-8-22-16-4-2-3-15(16)19/h5-6,10-11,15-16H,2-4,7-9H2,1H3/t15-,16-/m1/s1. The van der Waals surface area contributed by atoms with Crippen LogP contribution >= 0.6 is 0 Å². The molecule has 2 fully saturated rings. The molecule has 0 radical (unpaired) electrons. The minimum atomic E-state index is 0.170. The van der Waals surface area contributed by atoms with Gasteiger partial charge in [-0.05, 0) is 31.4 Å². The minimum Gasteiger partial charge on any atom is -0.497 e. The number of rotatable bonds is 3. The van der Waals surface area contributed by atoms with E-state index in [1.165, 1.54) is 0 Å². The van der Waals surface area contributed by atoms with Crippen molar-refractivity contribution in [1.29, 1.82) is 0 Å². The van der Waals surface area contributed by atoms with Crippen molar-refractivity contribution in [2.45, 2.75) is 37.8 Å². The third-order valence-electron chi connectivity index (χ3n) is 5.01. The van der Waals surface area contributed by atoms with E-state index in [1.807, 2.05) is 23.1 Å². The van der Waals surface area contributed by atoms with Crippen molar-refractivity contribution in [2.24, 2.45) is 0 Å². The predicted octanol–water partition coefficient (Wildman–Crippen LogP) is 2.76. The molecule has 1 aromatic carbocycles. The van der Waals surface area contributed by atoms with E-state index in [0.29, 0.717) is 19.6 Å². The molecule has 1 amide bonds. The number of ether oxygens (including phenoxy) is 2. The molecular weight excluding hydrogens is 294 g/mol. The minimum absolute atomic E-state index is 0.170. The maximum atomic E-state index is 12.8. The molecule has 0 N–H and O–H groups in total. The van der Waals surface area contributed by atoms with Gasteiger partial charge in [-0.15, -0.1) is 0 Å². The highest BCUT2D eigenvalue weighted by Crippen LogP contribution is 2.31. The highest BCUT2D eigenvalue weighted by molar-refractivity contribution is 5.88. The molecule has 2 atom stereocenters. The van der Waals surface area contributed by atoms with Crippen molar-refractivity contribution < 1.29 is 18.7 Å². The zero-order valence-corrected chi connectivity index (χ0v) is 13.3. The molecule has 5 heteroatoms. The quantitative estimate of drug-likeness (QED) is 0.874. The average molecular weight is 315 g/mol. The normalized spacial score (nSPS) is 24.0.